The largest absolute Gasteiger partial charge is 0.324 e. The summed E-state index contributed by atoms with van der Waals surface area (Å²) in [7, 11) is -3.55. The first-order chi connectivity index (χ1) is 14.1. The van der Waals surface area contributed by atoms with Crippen molar-refractivity contribution in [1.29, 1.82) is 0 Å². The minimum absolute atomic E-state index is 0.0286. The predicted molar refractivity (Wildman–Crippen MR) is 121 cm³/mol. The van der Waals surface area contributed by atoms with Crippen molar-refractivity contribution in [2.75, 3.05) is 24.7 Å². The molecule has 2 aromatic rings. The molecule has 1 N–H and O–H groups in total. The molecule has 0 atom stereocenters. The summed E-state index contributed by atoms with van der Waals surface area (Å²) in [6.45, 7) is 6.97. The van der Waals surface area contributed by atoms with Crippen molar-refractivity contribution >= 4 is 33.4 Å². The molecule has 1 aliphatic heterocycles. The van der Waals surface area contributed by atoms with E-state index in [1.165, 1.54) is 4.31 Å². The topological polar surface area (TPSA) is 79.4 Å². The number of amides is 1. The highest BCUT2D eigenvalue weighted by Gasteiger charge is 2.32. The predicted octanol–water partition coefficient (Wildman–Crippen LogP) is 4.14. The highest BCUT2D eigenvalue weighted by Crippen LogP contribution is 2.27. The lowest BCUT2D eigenvalue weighted by Gasteiger charge is -2.30. The van der Waals surface area contributed by atoms with Gasteiger partial charge in [0.25, 0.3) is 0 Å². The monoisotopic (exact) mass is 447 g/mol. The Morgan fingerprint density at radius 1 is 1.10 bits per heavy atom. The van der Waals surface area contributed by atoms with Crippen molar-refractivity contribution in [3.8, 4) is 0 Å². The van der Waals surface area contributed by atoms with Gasteiger partial charge in [-0.2, -0.15) is 4.31 Å². The zero-order chi connectivity index (χ0) is 21.9. The van der Waals surface area contributed by atoms with Gasteiger partial charge in [-0.15, -0.1) is 11.8 Å². The minimum Gasteiger partial charge on any atom is -0.324 e. The van der Waals surface area contributed by atoms with E-state index in [9.17, 15) is 13.2 Å². The minimum atomic E-state index is -3.55. The van der Waals surface area contributed by atoms with Gasteiger partial charge in [0.15, 0.2) is 0 Å². The zero-order valence-corrected chi connectivity index (χ0v) is 19.5. The highest BCUT2D eigenvalue weighted by atomic mass is 32.2. The number of nitrogens with one attached hydrogen (secondary N) is 1. The van der Waals surface area contributed by atoms with Gasteiger partial charge in [-0.3, -0.25) is 4.79 Å². The third-order valence-corrected chi connectivity index (χ3v) is 7.97. The van der Waals surface area contributed by atoms with E-state index in [-0.39, 0.29) is 17.2 Å². The maximum Gasteiger partial charge on any atom is 0.243 e. The number of anilines is 1. The molecule has 1 aromatic heterocycles. The van der Waals surface area contributed by atoms with Crippen LogP contribution in [0.15, 0.2) is 52.5 Å². The van der Waals surface area contributed by atoms with Crippen LogP contribution in [0.4, 0.5) is 5.69 Å². The van der Waals surface area contributed by atoms with E-state index >= 15 is 0 Å². The average molecular weight is 448 g/mol. The van der Waals surface area contributed by atoms with Gasteiger partial charge in [0.05, 0.1) is 21.8 Å². The molecule has 0 saturated carbocycles. The number of aromatic nitrogens is 1. The second kappa shape index (κ2) is 9.08. The Morgan fingerprint density at radius 3 is 2.23 bits per heavy atom. The van der Waals surface area contributed by atoms with Crippen molar-refractivity contribution in [2.24, 2.45) is 5.92 Å². The van der Waals surface area contributed by atoms with Gasteiger partial charge in [0.2, 0.25) is 15.9 Å². The third kappa shape index (κ3) is 5.22. The van der Waals surface area contributed by atoms with Crippen LogP contribution < -0.4 is 5.32 Å². The Labute approximate surface area is 183 Å². The molecule has 162 valence electrons. The summed E-state index contributed by atoms with van der Waals surface area (Å²) < 4.78 is 27.5. The van der Waals surface area contributed by atoms with E-state index in [4.69, 9.17) is 0 Å². The van der Waals surface area contributed by atoms with Gasteiger partial charge >= 0.3 is 0 Å². The van der Waals surface area contributed by atoms with Crippen molar-refractivity contribution in [3.63, 3.8) is 0 Å². The van der Waals surface area contributed by atoms with Crippen LogP contribution in [0.25, 0.3) is 0 Å². The number of carbonyl (C=O) groups is 1. The van der Waals surface area contributed by atoms with E-state index in [1.807, 2.05) is 30.5 Å². The van der Waals surface area contributed by atoms with Gasteiger partial charge in [-0.1, -0.05) is 32.9 Å². The number of carbonyl (C=O) groups excluding carboxylic acids is 1. The molecule has 6 nitrogen and oxygen atoms in total. The summed E-state index contributed by atoms with van der Waals surface area (Å²) in [5, 5.41) is 3.78. The number of rotatable bonds is 5. The molecule has 8 heteroatoms. The second-order valence-electron chi connectivity index (χ2n) is 8.53. The van der Waals surface area contributed by atoms with Crippen LogP contribution in [0.5, 0.6) is 0 Å². The Kier molecular flexibility index (Phi) is 6.89. The van der Waals surface area contributed by atoms with E-state index in [1.54, 1.807) is 30.1 Å². The van der Waals surface area contributed by atoms with E-state index in [0.717, 1.165) is 10.6 Å². The molecule has 1 aromatic carbocycles. The maximum absolute atomic E-state index is 13.0. The molecule has 1 aliphatic rings. The van der Waals surface area contributed by atoms with Crippen LogP contribution in [0.2, 0.25) is 0 Å². The average Bonchev–Trinajstić information content (AvgIpc) is 2.74. The normalized spacial score (nSPS) is 16.4. The number of pyridine rings is 1. The summed E-state index contributed by atoms with van der Waals surface area (Å²) in [5.74, 6) is -0.291. The Bertz CT molecular complexity index is 974. The first kappa shape index (κ1) is 22.8. The summed E-state index contributed by atoms with van der Waals surface area (Å²) >= 11 is 1.54. The standard InChI is InChI=1S/C22H29N3O3S2/c1-22(2,3)17-5-8-19(9-6-17)30(27,28)25-13-11-16(12-14-25)21(26)24-18-7-10-20(29-4)23-15-18/h5-10,15-16H,11-14H2,1-4H3,(H,24,26). The number of hydrogen-bond donors (Lipinski definition) is 1. The SMILES string of the molecule is CSc1ccc(NC(=O)C2CCN(S(=O)(=O)c3ccc(C(C)(C)C)cc3)CC2)cn1. The second-order valence-corrected chi connectivity index (χ2v) is 11.3. The number of sulfonamides is 1. The van der Waals surface area contributed by atoms with Gasteiger partial charge in [-0.05, 0) is 54.3 Å². The molecule has 1 fully saturated rings. The molecule has 0 bridgehead atoms. The molecular formula is C22H29N3O3S2. The van der Waals surface area contributed by atoms with Crippen LogP contribution in [0, 0.1) is 5.92 Å². The van der Waals surface area contributed by atoms with Crippen LogP contribution in [-0.2, 0) is 20.2 Å². The van der Waals surface area contributed by atoms with E-state index < -0.39 is 10.0 Å². The fourth-order valence-corrected chi connectivity index (χ4v) is 5.29. The lowest BCUT2D eigenvalue weighted by Crippen LogP contribution is -2.41. The van der Waals surface area contributed by atoms with Crippen molar-refractivity contribution in [1.82, 2.24) is 9.29 Å². The molecule has 1 saturated heterocycles. The summed E-state index contributed by atoms with van der Waals surface area (Å²) in [4.78, 5) is 17.1. The maximum atomic E-state index is 13.0. The fourth-order valence-electron chi connectivity index (χ4n) is 3.45. The van der Waals surface area contributed by atoms with Gasteiger partial charge in [0.1, 0.15) is 0 Å². The Morgan fingerprint density at radius 2 is 1.73 bits per heavy atom. The lowest BCUT2D eigenvalue weighted by atomic mass is 9.87. The smallest absolute Gasteiger partial charge is 0.243 e. The first-order valence-corrected chi connectivity index (χ1v) is 12.7. The fraction of sp³-hybridized carbons (Fsp3) is 0.455. The number of nitrogens with zero attached hydrogens (tertiary/aromatic N) is 2. The molecular weight excluding hydrogens is 418 g/mol. The number of thioether (sulfide) groups is 1. The molecule has 2 heterocycles. The molecule has 30 heavy (non-hydrogen) atoms. The lowest BCUT2D eigenvalue weighted by molar-refractivity contribution is -0.120. The van der Waals surface area contributed by atoms with Gasteiger partial charge in [0, 0.05) is 19.0 Å². The van der Waals surface area contributed by atoms with Crippen molar-refractivity contribution < 1.29 is 13.2 Å². The first-order valence-electron chi connectivity index (χ1n) is 10.0. The van der Waals surface area contributed by atoms with Crippen LogP contribution in [0.3, 0.4) is 0 Å². The van der Waals surface area contributed by atoms with Gasteiger partial charge < -0.3 is 5.32 Å². The molecule has 1 amide bonds. The molecule has 0 unspecified atom stereocenters. The van der Waals surface area contributed by atoms with Gasteiger partial charge in [-0.25, -0.2) is 13.4 Å². The van der Waals surface area contributed by atoms with E-state index in [2.05, 4.69) is 31.1 Å². The molecule has 3 rings (SSSR count). The number of hydrogen-bond acceptors (Lipinski definition) is 5. The summed E-state index contributed by atoms with van der Waals surface area (Å²) in [6, 6.07) is 10.8. The summed E-state index contributed by atoms with van der Waals surface area (Å²) in [5.41, 5.74) is 1.72. The zero-order valence-electron chi connectivity index (χ0n) is 17.9. The third-order valence-electron chi connectivity index (χ3n) is 5.40. The van der Waals surface area contributed by atoms with Crippen LogP contribution in [-0.4, -0.2) is 43.0 Å². The number of piperidine rings is 1. The van der Waals surface area contributed by atoms with Crippen LogP contribution >= 0.6 is 11.8 Å². The summed E-state index contributed by atoms with van der Waals surface area (Å²) in [6.07, 6.45) is 4.59. The molecule has 0 radical (unpaired) electrons. The quantitative estimate of drug-likeness (QED) is 0.697. The van der Waals surface area contributed by atoms with Crippen LogP contribution in [0.1, 0.15) is 39.2 Å². The Balaban J connectivity index is 1.60. The number of benzene rings is 1. The van der Waals surface area contributed by atoms with Crippen molar-refractivity contribution in [2.45, 2.75) is 48.9 Å². The van der Waals surface area contributed by atoms with E-state index in [0.29, 0.717) is 36.5 Å². The highest BCUT2D eigenvalue weighted by molar-refractivity contribution is 7.98. The van der Waals surface area contributed by atoms with Crippen molar-refractivity contribution in [3.05, 3.63) is 48.2 Å². The molecule has 0 aliphatic carbocycles. The molecule has 0 spiro atoms. The Hall–Kier alpha value is -1.90.